The summed E-state index contributed by atoms with van der Waals surface area (Å²) in [5.74, 6) is -2.28. The third-order valence-corrected chi connectivity index (χ3v) is 8.18. The van der Waals surface area contributed by atoms with Crippen LogP contribution in [0.4, 0.5) is 5.69 Å². The Morgan fingerprint density at radius 3 is 2.39 bits per heavy atom. The van der Waals surface area contributed by atoms with Gasteiger partial charge in [-0.1, -0.05) is 30.4 Å². The van der Waals surface area contributed by atoms with Gasteiger partial charge in [-0.15, -0.1) is 13.2 Å². The molecule has 5 atom stereocenters. The van der Waals surface area contributed by atoms with Crippen LogP contribution in [-0.4, -0.2) is 83.2 Å². The van der Waals surface area contributed by atoms with E-state index in [4.69, 9.17) is 4.74 Å². The summed E-state index contributed by atoms with van der Waals surface area (Å²) >= 11 is 0. The highest BCUT2D eigenvalue weighted by Gasteiger charge is 2.78. The van der Waals surface area contributed by atoms with E-state index in [1.165, 1.54) is 4.90 Å². The lowest BCUT2D eigenvalue weighted by molar-refractivity contribution is -0.149. The topological polar surface area (TPSA) is 90.4 Å². The first kappa shape index (κ1) is 26.1. The molecule has 8 heteroatoms. The van der Waals surface area contributed by atoms with Gasteiger partial charge in [0.1, 0.15) is 11.6 Å². The Morgan fingerprint density at radius 2 is 1.81 bits per heavy atom. The second kappa shape index (κ2) is 9.48. The van der Waals surface area contributed by atoms with Gasteiger partial charge in [0.05, 0.1) is 24.0 Å². The van der Waals surface area contributed by atoms with E-state index in [0.717, 1.165) is 16.8 Å². The molecule has 36 heavy (non-hydrogen) atoms. The number of nitrogens with zero attached hydrogens (tertiary/aromatic N) is 3. The van der Waals surface area contributed by atoms with Crippen molar-refractivity contribution in [3.05, 3.63) is 54.6 Å². The van der Waals surface area contributed by atoms with Crippen LogP contribution in [0.5, 0.6) is 0 Å². The number of anilines is 1. The fraction of sp³-hybridized carbons (Fsp3) is 0.536. The van der Waals surface area contributed by atoms with Gasteiger partial charge in [-0.25, -0.2) is 0 Å². The highest BCUT2D eigenvalue weighted by Crippen LogP contribution is 2.63. The normalized spacial score (nSPS) is 30.3. The Morgan fingerprint density at radius 1 is 1.17 bits per heavy atom. The van der Waals surface area contributed by atoms with Gasteiger partial charge in [-0.3, -0.25) is 14.4 Å². The van der Waals surface area contributed by atoms with E-state index < -0.39 is 29.1 Å². The Bertz CT molecular complexity index is 1080. The lowest BCUT2D eigenvalue weighted by atomic mass is 9.66. The first-order valence-electron chi connectivity index (χ1n) is 12.5. The van der Waals surface area contributed by atoms with Crippen LogP contribution in [-0.2, 0) is 19.1 Å². The summed E-state index contributed by atoms with van der Waals surface area (Å²) in [6.45, 7) is 13.6. The summed E-state index contributed by atoms with van der Waals surface area (Å²) in [4.78, 5) is 46.6. The molecule has 3 heterocycles. The van der Waals surface area contributed by atoms with Gasteiger partial charge >= 0.3 is 0 Å². The summed E-state index contributed by atoms with van der Waals surface area (Å²) in [7, 11) is 1.69. The second-order valence-electron chi connectivity index (χ2n) is 10.5. The zero-order chi connectivity index (χ0) is 26.4. The number of fused-ring (bicyclic) bond motifs is 1. The van der Waals surface area contributed by atoms with E-state index in [2.05, 4.69) is 13.2 Å². The molecular formula is C28H37N3O5. The molecule has 194 valence electrons. The zero-order valence-electron chi connectivity index (χ0n) is 21.7. The minimum absolute atomic E-state index is 0.00828. The molecule has 3 saturated heterocycles. The van der Waals surface area contributed by atoms with Gasteiger partial charge in [0.2, 0.25) is 11.8 Å². The largest absolute Gasteiger partial charge is 0.395 e. The van der Waals surface area contributed by atoms with Crippen LogP contribution < -0.4 is 4.90 Å². The van der Waals surface area contributed by atoms with Crippen molar-refractivity contribution >= 4 is 23.4 Å². The van der Waals surface area contributed by atoms with Gasteiger partial charge in [-0.05, 0) is 44.7 Å². The van der Waals surface area contributed by atoms with Crippen molar-refractivity contribution < 1.29 is 24.2 Å². The first-order valence-corrected chi connectivity index (χ1v) is 12.5. The van der Waals surface area contributed by atoms with Gasteiger partial charge in [0, 0.05) is 32.4 Å². The van der Waals surface area contributed by atoms with E-state index in [1.54, 1.807) is 29.0 Å². The van der Waals surface area contributed by atoms with Crippen LogP contribution >= 0.6 is 0 Å². The maximum Gasteiger partial charge on any atom is 0.253 e. The van der Waals surface area contributed by atoms with Gasteiger partial charge in [0.15, 0.2) is 0 Å². The number of hydrogen-bond acceptors (Lipinski definition) is 5. The third kappa shape index (κ3) is 3.69. The smallest absolute Gasteiger partial charge is 0.253 e. The predicted octanol–water partition coefficient (Wildman–Crippen LogP) is 2.22. The average molecular weight is 496 g/mol. The lowest BCUT2D eigenvalue weighted by Crippen LogP contribution is -2.57. The fourth-order valence-electron chi connectivity index (χ4n) is 6.75. The van der Waals surface area contributed by atoms with Crippen molar-refractivity contribution in [1.82, 2.24) is 9.80 Å². The Labute approximate surface area is 213 Å². The van der Waals surface area contributed by atoms with Gasteiger partial charge < -0.3 is 24.5 Å². The monoisotopic (exact) mass is 495 g/mol. The Hall–Kier alpha value is -2.97. The van der Waals surface area contributed by atoms with E-state index in [9.17, 15) is 19.5 Å². The number of para-hydroxylation sites is 1. The van der Waals surface area contributed by atoms with Crippen molar-refractivity contribution in [3.63, 3.8) is 0 Å². The lowest BCUT2D eigenvalue weighted by Gasteiger charge is -2.37. The molecule has 0 aliphatic carbocycles. The number of likely N-dealkylation sites (tertiary alicyclic amines) is 1. The van der Waals surface area contributed by atoms with E-state index in [0.29, 0.717) is 19.4 Å². The first-order chi connectivity index (χ1) is 17.1. The van der Waals surface area contributed by atoms with Gasteiger partial charge in [-0.2, -0.15) is 0 Å². The van der Waals surface area contributed by atoms with Crippen LogP contribution in [0.15, 0.2) is 43.5 Å². The molecule has 0 aromatic heterocycles. The Balaban J connectivity index is 1.82. The van der Waals surface area contributed by atoms with E-state index in [-0.39, 0.29) is 37.4 Å². The van der Waals surface area contributed by atoms with Crippen LogP contribution in [0, 0.1) is 25.7 Å². The average Bonchev–Trinajstić information content (AvgIpc) is 3.39. The Kier molecular flexibility index (Phi) is 6.88. The maximum absolute atomic E-state index is 14.4. The second-order valence-corrected chi connectivity index (χ2v) is 10.5. The number of aliphatic hydroxyl groups is 1. The molecule has 2 bridgehead atoms. The molecule has 3 aliphatic rings. The molecule has 2 unspecified atom stereocenters. The number of rotatable bonds is 9. The molecule has 4 rings (SSSR count). The van der Waals surface area contributed by atoms with Crippen LogP contribution in [0.3, 0.4) is 0 Å². The zero-order valence-corrected chi connectivity index (χ0v) is 21.7. The number of β-amino-alcohol motifs (C(OH)–C–C–N with tert-alkyl or cyclic N) is 1. The number of likely N-dealkylation sites (N-methyl/N-ethyl adjacent to an activating group) is 1. The molecule has 1 aromatic rings. The number of benzene rings is 1. The molecule has 8 nitrogen and oxygen atoms in total. The molecule has 0 radical (unpaired) electrons. The quantitative estimate of drug-likeness (QED) is 0.531. The summed E-state index contributed by atoms with van der Waals surface area (Å²) in [6, 6.07) is 4.88. The molecule has 1 N–H and O–H groups in total. The minimum atomic E-state index is -1.14. The molecule has 3 fully saturated rings. The third-order valence-electron chi connectivity index (χ3n) is 8.18. The van der Waals surface area contributed by atoms with Crippen molar-refractivity contribution in [2.75, 3.05) is 38.2 Å². The van der Waals surface area contributed by atoms with Crippen molar-refractivity contribution in [3.8, 4) is 0 Å². The summed E-state index contributed by atoms with van der Waals surface area (Å²) in [5, 5.41) is 9.84. The molecule has 3 aliphatic heterocycles. The summed E-state index contributed by atoms with van der Waals surface area (Å²) in [6.07, 6.45) is 4.36. The minimum Gasteiger partial charge on any atom is -0.395 e. The molecule has 3 amide bonds. The number of carbonyl (C=O) groups excluding carboxylic acids is 3. The summed E-state index contributed by atoms with van der Waals surface area (Å²) in [5.41, 5.74) is 0.651. The maximum atomic E-state index is 14.4. The van der Waals surface area contributed by atoms with Crippen LogP contribution in [0.2, 0.25) is 0 Å². The number of hydrogen-bond donors (Lipinski definition) is 1. The number of amides is 3. The number of carbonyl (C=O) groups is 3. The fourth-order valence-corrected chi connectivity index (χ4v) is 6.75. The number of ether oxygens (including phenoxy) is 1. The van der Waals surface area contributed by atoms with E-state index in [1.807, 2.05) is 39.0 Å². The van der Waals surface area contributed by atoms with Crippen LogP contribution in [0.25, 0.3) is 0 Å². The standard InChI is InChI=1S/C28H37N3O5/c1-7-14-29(6)24(33)20-21-25(34)31(16-17-32)23(28(21)13-12-27(20,5)36-28)26(35)30(15-8-2)22-18(3)10-9-11-19(22)4/h7-11,20-21,23,32H,1-2,12-17H2,3-6H3/t20-,21+,23?,27+,28?/m1/s1. The predicted molar refractivity (Wildman–Crippen MR) is 137 cm³/mol. The van der Waals surface area contributed by atoms with Crippen molar-refractivity contribution in [1.29, 1.82) is 0 Å². The summed E-state index contributed by atoms with van der Waals surface area (Å²) < 4.78 is 6.65. The molecule has 0 saturated carbocycles. The van der Waals surface area contributed by atoms with Gasteiger partial charge in [0.25, 0.3) is 5.91 Å². The molecule has 1 spiro atoms. The van der Waals surface area contributed by atoms with Crippen molar-refractivity contribution in [2.45, 2.75) is 50.9 Å². The van der Waals surface area contributed by atoms with Crippen LogP contribution in [0.1, 0.15) is 30.9 Å². The van der Waals surface area contributed by atoms with E-state index >= 15 is 0 Å². The SMILES string of the molecule is C=CCN(C)C(=O)[C@H]1[C@H]2C(=O)N(CCO)C(C(=O)N(CC=C)c3c(C)cccc3C)C23CC[C@]1(C)O3. The molecule has 1 aromatic carbocycles. The molecular weight excluding hydrogens is 458 g/mol. The number of aliphatic hydroxyl groups excluding tert-OH is 1. The number of aryl methyl sites for hydroxylation is 2. The highest BCUT2D eigenvalue weighted by molar-refractivity contribution is 6.05. The van der Waals surface area contributed by atoms with Crippen molar-refractivity contribution in [2.24, 2.45) is 11.8 Å². The highest BCUT2D eigenvalue weighted by atomic mass is 16.5.